The van der Waals surface area contributed by atoms with Crippen LogP contribution in [-0.4, -0.2) is 15.0 Å². The second-order valence-corrected chi connectivity index (χ2v) is 17.4. The molecule has 0 saturated heterocycles. The molecule has 0 bridgehead atoms. The second-order valence-electron chi connectivity index (χ2n) is 16.4. The van der Waals surface area contributed by atoms with Crippen molar-refractivity contribution in [1.82, 2.24) is 15.0 Å². The maximum Gasteiger partial charge on any atom is 0.164 e. The Balaban J connectivity index is 0.943. The smallest absolute Gasteiger partial charge is 0.164 e. The molecule has 0 aliphatic heterocycles. The van der Waals surface area contributed by atoms with Gasteiger partial charge in [0.15, 0.2) is 17.5 Å². The van der Waals surface area contributed by atoms with E-state index < -0.39 is 0 Å². The number of para-hydroxylation sites is 1. The molecule has 0 aliphatic carbocycles. The number of fused-ring (bicyclic) bond motifs is 8. The predicted molar refractivity (Wildman–Crippen MR) is 268 cm³/mol. The molecular formula is C59H35N3OS. The van der Waals surface area contributed by atoms with Gasteiger partial charge in [-0.15, -0.1) is 11.3 Å². The Kier molecular flexibility index (Phi) is 8.36. The van der Waals surface area contributed by atoms with Crippen LogP contribution < -0.4 is 0 Å². The molecule has 0 radical (unpaired) electrons. The largest absolute Gasteiger partial charge is 0.455 e. The molecule has 5 heteroatoms. The first-order valence-electron chi connectivity index (χ1n) is 21.5. The minimum atomic E-state index is 0.606. The quantitative estimate of drug-likeness (QED) is 0.167. The SMILES string of the molecule is c1cc(-c2nc(-c3ccc(-c4ccc5ccccc5c4)cc3)nc(-c3ccc4ccccc4c3)n2)cc(-c2ccc(-c3ccc4sc5ccccc5c4c3)c3oc4ccccc4c23)c1. The molecule has 64 heavy (non-hydrogen) atoms. The highest BCUT2D eigenvalue weighted by Gasteiger charge is 2.20. The number of hydrogen-bond acceptors (Lipinski definition) is 5. The Labute approximate surface area is 372 Å². The highest BCUT2D eigenvalue weighted by Crippen LogP contribution is 2.44. The highest BCUT2D eigenvalue weighted by molar-refractivity contribution is 7.25. The van der Waals surface area contributed by atoms with E-state index in [1.54, 1.807) is 0 Å². The summed E-state index contributed by atoms with van der Waals surface area (Å²) in [5, 5.41) is 9.45. The Bertz CT molecular complexity index is 3980. The zero-order chi connectivity index (χ0) is 42.1. The number of aromatic nitrogens is 3. The second kappa shape index (κ2) is 14.7. The minimum Gasteiger partial charge on any atom is -0.455 e. The van der Waals surface area contributed by atoms with Gasteiger partial charge in [-0.1, -0.05) is 164 Å². The highest BCUT2D eigenvalue weighted by atomic mass is 32.1. The minimum absolute atomic E-state index is 0.606. The van der Waals surface area contributed by atoms with Gasteiger partial charge < -0.3 is 4.42 Å². The molecule has 10 aromatic carbocycles. The molecule has 298 valence electrons. The molecule has 0 atom stereocenters. The zero-order valence-electron chi connectivity index (χ0n) is 34.4. The van der Waals surface area contributed by atoms with Crippen molar-refractivity contribution in [2.75, 3.05) is 0 Å². The van der Waals surface area contributed by atoms with Gasteiger partial charge in [-0.2, -0.15) is 0 Å². The number of nitrogens with zero attached hydrogens (tertiary/aromatic N) is 3. The fourth-order valence-electron chi connectivity index (χ4n) is 9.29. The van der Waals surface area contributed by atoms with Gasteiger partial charge in [-0.25, -0.2) is 15.0 Å². The van der Waals surface area contributed by atoms with Crippen LogP contribution in [-0.2, 0) is 0 Å². The lowest BCUT2D eigenvalue weighted by molar-refractivity contribution is 0.670. The van der Waals surface area contributed by atoms with Crippen LogP contribution in [0.15, 0.2) is 217 Å². The van der Waals surface area contributed by atoms with Gasteiger partial charge in [0.2, 0.25) is 0 Å². The average molecular weight is 834 g/mol. The van der Waals surface area contributed by atoms with Crippen molar-refractivity contribution in [3.8, 4) is 67.5 Å². The number of thiophene rings is 1. The third-order valence-corrected chi connectivity index (χ3v) is 13.7. The third-order valence-electron chi connectivity index (χ3n) is 12.5. The molecular weight excluding hydrogens is 799 g/mol. The van der Waals surface area contributed by atoms with Gasteiger partial charge in [0.1, 0.15) is 11.2 Å². The van der Waals surface area contributed by atoms with E-state index in [0.29, 0.717) is 17.5 Å². The number of hydrogen-bond donors (Lipinski definition) is 0. The van der Waals surface area contributed by atoms with Gasteiger partial charge in [0.25, 0.3) is 0 Å². The van der Waals surface area contributed by atoms with E-state index in [1.165, 1.54) is 41.9 Å². The zero-order valence-corrected chi connectivity index (χ0v) is 35.2. The number of furan rings is 1. The van der Waals surface area contributed by atoms with Crippen molar-refractivity contribution in [2.45, 2.75) is 0 Å². The van der Waals surface area contributed by atoms with Crippen molar-refractivity contribution in [3.63, 3.8) is 0 Å². The third kappa shape index (κ3) is 6.17. The molecule has 13 rings (SSSR count). The summed E-state index contributed by atoms with van der Waals surface area (Å²) >= 11 is 1.83. The van der Waals surface area contributed by atoms with Crippen LogP contribution in [0.5, 0.6) is 0 Å². The Morgan fingerprint density at radius 3 is 1.62 bits per heavy atom. The molecule has 0 fully saturated rings. The van der Waals surface area contributed by atoms with Crippen molar-refractivity contribution < 1.29 is 4.42 Å². The van der Waals surface area contributed by atoms with Crippen molar-refractivity contribution in [3.05, 3.63) is 212 Å². The first-order chi connectivity index (χ1) is 31.7. The topological polar surface area (TPSA) is 51.8 Å². The van der Waals surface area contributed by atoms with Crippen LogP contribution in [0.3, 0.4) is 0 Å². The van der Waals surface area contributed by atoms with E-state index in [0.717, 1.165) is 71.8 Å². The lowest BCUT2D eigenvalue weighted by atomic mass is 9.93. The fourth-order valence-corrected chi connectivity index (χ4v) is 10.4. The first kappa shape index (κ1) is 36.4. The number of benzene rings is 10. The molecule has 0 amide bonds. The summed E-state index contributed by atoms with van der Waals surface area (Å²) in [5.74, 6) is 1.85. The van der Waals surface area contributed by atoms with Crippen molar-refractivity contribution in [1.29, 1.82) is 0 Å². The summed E-state index contributed by atoms with van der Waals surface area (Å²) in [6.07, 6.45) is 0. The molecule has 0 unspecified atom stereocenters. The standard InChI is InChI=1S/C59H35N3OS/c1-3-12-40-32-42(26-22-36(40)10-1)38-20-24-39(25-21-38)57-60-58(62-59(61-57)46-27-23-37-11-2-4-13-41(37)33-46)45-15-9-14-43(34-45)47-29-30-48(56-55(47)50-17-5-7-18-52(50)63-56)44-28-31-54-51(35-44)49-16-6-8-19-53(49)64-54/h1-35H. The molecule has 0 saturated carbocycles. The van der Waals surface area contributed by atoms with E-state index in [9.17, 15) is 0 Å². The Morgan fingerprint density at radius 1 is 0.312 bits per heavy atom. The molecule has 13 aromatic rings. The van der Waals surface area contributed by atoms with Crippen LogP contribution >= 0.6 is 11.3 Å². The molecule has 0 N–H and O–H groups in total. The van der Waals surface area contributed by atoms with Gasteiger partial charge in [0.05, 0.1) is 0 Å². The lowest BCUT2D eigenvalue weighted by Crippen LogP contribution is -2.00. The van der Waals surface area contributed by atoms with E-state index in [1.807, 2.05) is 17.4 Å². The first-order valence-corrected chi connectivity index (χ1v) is 22.3. The molecule has 3 aromatic heterocycles. The average Bonchev–Trinajstić information content (AvgIpc) is 3.95. The van der Waals surface area contributed by atoms with Gasteiger partial charge >= 0.3 is 0 Å². The Hall–Kier alpha value is -8.25. The summed E-state index contributed by atoms with van der Waals surface area (Å²) in [5.41, 5.74) is 11.1. The van der Waals surface area contributed by atoms with E-state index in [4.69, 9.17) is 19.4 Å². The number of rotatable bonds is 6. The molecule has 0 spiro atoms. The summed E-state index contributed by atoms with van der Waals surface area (Å²) in [6, 6.07) is 75.2. The van der Waals surface area contributed by atoms with Crippen LogP contribution in [0, 0.1) is 0 Å². The van der Waals surface area contributed by atoms with E-state index in [-0.39, 0.29) is 0 Å². The summed E-state index contributed by atoms with van der Waals surface area (Å²) < 4.78 is 9.36. The van der Waals surface area contributed by atoms with Crippen LogP contribution in [0.25, 0.3) is 131 Å². The van der Waals surface area contributed by atoms with Crippen LogP contribution in [0.4, 0.5) is 0 Å². The fraction of sp³-hybridized carbons (Fsp3) is 0. The van der Waals surface area contributed by atoms with E-state index in [2.05, 4.69) is 206 Å². The maximum atomic E-state index is 6.78. The summed E-state index contributed by atoms with van der Waals surface area (Å²) in [4.78, 5) is 15.5. The summed E-state index contributed by atoms with van der Waals surface area (Å²) in [6.45, 7) is 0. The maximum absolute atomic E-state index is 6.78. The van der Waals surface area contributed by atoms with Gasteiger partial charge in [-0.3, -0.25) is 0 Å². The monoisotopic (exact) mass is 833 g/mol. The van der Waals surface area contributed by atoms with E-state index >= 15 is 0 Å². The molecule has 3 heterocycles. The van der Waals surface area contributed by atoms with Crippen molar-refractivity contribution in [2.24, 2.45) is 0 Å². The van der Waals surface area contributed by atoms with Gasteiger partial charge in [-0.05, 0) is 97.9 Å². The predicted octanol–water partition coefficient (Wildman–Crippen LogP) is 16.4. The normalized spacial score (nSPS) is 11.8. The van der Waals surface area contributed by atoms with Crippen LogP contribution in [0.2, 0.25) is 0 Å². The van der Waals surface area contributed by atoms with Gasteiger partial charge in [0, 0.05) is 53.2 Å². The molecule has 0 aliphatic rings. The van der Waals surface area contributed by atoms with Crippen LogP contribution in [0.1, 0.15) is 0 Å². The summed E-state index contributed by atoms with van der Waals surface area (Å²) in [7, 11) is 0. The molecule has 4 nitrogen and oxygen atoms in total. The Morgan fingerprint density at radius 2 is 0.844 bits per heavy atom. The van der Waals surface area contributed by atoms with Crippen molar-refractivity contribution >= 4 is 75.0 Å². The lowest BCUT2D eigenvalue weighted by Gasteiger charge is -2.12.